The van der Waals surface area contributed by atoms with Crippen molar-refractivity contribution in [2.75, 3.05) is 13.1 Å². The molecule has 0 aromatic heterocycles. The molecule has 0 radical (unpaired) electrons. The van der Waals surface area contributed by atoms with E-state index in [1.54, 1.807) is 6.20 Å². The Balaban J connectivity index is 2.29. The second kappa shape index (κ2) is 4.55. The maximum atomic E-state index is 10.5. The fraction of sp³-hybridized carbons (Fsp3) is 0.167. The molecule has 0 fully saturated rings. The molecule has 0 N–H and O–H groups in total. The molecule has 3 heteroatoms. The molecule has 1 aliphatic rings. The molecule has 0 aliphatic carbocycles. The summed E-state index contributed by atoms with van der Waals surface area (Å²) in [5.41, 5.74) is 1.05. The van der Waals surface area contributed by atoms with Gasteiger partial charge in [-0.05, 0) is 6.08 Å². The number of hydrogen-bond acceptors (Lipinski definition) is 3. The standard InChI is InChI=1S/C12H12N2O/c15-10-9-14-8-4-7-13-12(14)11-5-2-1-3-6-11/h1-7,10H,8-9H2. The number of aldehydes is 1. The minimum Gasteiger partial charge on any atom is -0.345 e. The molecule has 3 nitrogen and oxygen atoms in total. The van der Waals surface area contributed by atoms with E-state index in [1.807, 2.05) is 41.3 Å². The van der Waals surface area contributed by atoms with E-state index in [-0.39, 0.29) is 0 Å². The first-order chi connectivity index (χ1) is 7.42. The number of hydrogen-bond donors (Lipinski definition) is 0. The van der Waals surface area contributed by atoms with Gasteiger partial charge in [-0.3, -0.25) is 0 Å². The number of amidine groups is 1. The van der Waals surface area contributed by atoms with Gasteiger partial charge in [-0.15, -0.1) is 0 Å². The Morgan fingerprint density at radius 2 is 2.13 bits per heavy atom. The van der Waals surface area contributed by atoms with Gasteiger partial charge in [-0.2, -0.15) is 0 Å². The van der Waals surface area contributed by atoms with Crippen LogP contribution in [0, 0.1) is 0 Å². The monoisotopic (exact) mass is 200 g/mol. The molecule has 0 saturated carbocycles. The molecule has 0 unspecified atom stereocenters. The Bertz CT molecular complexity index is 393. The third-order valence-electron chi connectivity index (χ3n) is 2.25. The molecule has 0 saturated heterocycles. The fourth-order valence-electron chi connectivity index (χ4n) is 1.56. The van der Waals surface area contributed by atoms with Gasteiger partial charge < -0.3 is 9.69 Å². The van der Waals surface area contributed by atoms with Crippen LogP contribution in [0.4, 0.5) is 0 Å². The molecule has 1 aliphatic heterocycles. The zero-order chi connectivity index (χ0) is 10.5. The largest absolute Gasteiger partial charge is 0.345 e. The van der Waals surface area contributed by atoms with Gasteiger partial charge in [-0.25, -0.2) is 4.99 Å². The highest BCUT2D eigenvalue weighted by Crippen LogP contribution is 2.09. The van der Waals surface area contributed by atoms with Crippen LogP contribution in [-0.4, -0.2) is 30.1 Å². The molecular weight excluding hydrogens is 188 g/mol. The number of benzene rings is 1. The molecule has 1 aromatic rings. The predicted molar refractivity (Wildman–Crippen MR) is 59.8 cm³/mol. The predicted octanol–water partition coefficient (Wildman–Crippen LogP) is 1.46. The van der Waals surface area contributed by atoms with Crippen molar-refractivity contribution in [1.82, 2.24) is 4.90 Å². The Hall–Kier alpha value is -1.90. The van der Waals surface area contributed by atoms with Crippen molar-refractivity contribution in [3.63, 3.8) is 0 Å². The molecule has 15 heavy (non-hydrogen) atoms. The van der Waals surface area contributed by atoms with E-state index >= 15 is 0 Å². The van der Waals surface area contributed by atoms with Crippen LogP contribution in [0.2, 0.25) is 0 Å². The quantitative estimate of drug-likeness (QED) is 0.692. The number of rotatable bonds is 3. The maximum absolute atomic E-state index is 10.5. The van der Waals surface area contributed by atoms with Crippen LogP contribution in [0.3, 0.4) is 0 Å². The summed E-state index contributed by atoms with van der Waals surface area (Å²) in [6.45, 7) is 1.13. The Kier molecular flexibility index (Phi) is 2.93. The normalized spacial score (nSPS) is 14.9. The van der Waals surface area contributed by atoms with Crippen LogP contribution in [0.25, 0.3) is 0 Å². The molecule has 0 amide bonds. The van der Waals surface area contributed by atoms with Crippen molar-refractivity contribution < 1.29 is 4.79 Å². The Morgan fingerprint density at radius 1 is 1.33 bits per heavy atom. The van der Waals surface area contributed by atoms with Crippen molar-refractivity contribution in [3.05, 3.63) is 48.2 Å². The van der Waals surface area contributed by atoms with E-state index in [4.69, 9.17) is 0 Å². The average molecular weight is 200 g/mol. The summed E-state index contributed by atoms with van der Waals surface area (Å²) in [7, 11) is 0. The Morgan fingerprint density at radius 3 is 2.87 bits per heavy atom. The number of carbonyl (C=O) groups excluding carboxylic acids is 1. The molecule has 1 heterocycles. The van der Waals surface area contributed by atoms with E-state index in [0.717, 1.165) is 24.2 Å². The summed E-state index contributed by atoms with van der Waals surface area (Å²) in [5, 5.41) is 0. The van der Waals surface area contributed by atoms with E-state index in [0.29, 0.717) is 6.54 Å². The lowest BCUT2D eigenvalue weighted by Crippen LogP contribution is -2.34. The van der Waals surface area contributed by atoms with Crippen LogP contribution < -0.4 is 0 Å². The molecule has 2 rings (SSSR count). The minimum absolute atomic E-state index is 0.387. The summed E-state index contributed by atoms with van der Waals surface area (Å²) in [6.07, 6.45) is 4.62. The summed E-state index contributed by atoms with van der Waals surface area (Å²) >= 11 is 0. The van der Waals surface area contributed by atoms with Gasteiger partial charge in [0.05, 0.1) is 6.54 Å². The molecule has 0 spiro atoms. The SMILES string of the molecule is O=CCN1CC=CN=C1c1ccccc1. The summed E-state index contributed by atoms with van der Waals surface area (Å²) in [6, 6.07) is 9.89. The van der Waals surface area contributed by atoms with Gasteiger partial charge in [0.15, 0.2) is 0 Å². The smallest absolute Gasteiger partial charge is 0.139 e. The lowest BCUT2D eigenvalue weighted by molar-refractivity contribution is -0.108. The highest BCUT2D eigenvalue weighted by atomic mass is 16.1. The molecule has 0 bridgehead atoms. The lowest BCUT2D eigenvalue weighted by Gasteiger charge is -2.24. The van der Waals surface area contributed by atoms with E-state index in [1.165, 1.54) is 0 Å². The minimum atomic E-state index is 0.387. The lowest BCUT2D eigenvalue weighted by atomic mass is 10.2. The molecule has 76 valence electrons. The van der Waals surface area contributed by atoms with Gasteiger partial charge in [-0.1, -0.05) is 30.3 Å². The number of aliphatic imine (C=N–C) groups is 1. The first kappa shape index (κ1) is 9.65. The highest BCUT2D eigenvalue weighted by Gasteiger charge is 2.13. The topological polar surface area (TPSA) is 32.7 Å². The maximum Gasteiger partial charge on any atom is 0.139 e. The van der Waals surface area contributed by atoms with Crippen LogP contribution in [0.5, 0.6) is 0 Å². The third-order valence-corrected chi connectivity index (χ3v) is 2.25. The van der Waals surface area contributed by atoms with Crippen molar-refractivity contribution in [2.24, 2.45) is 4.99 Å². The summed E-state index contributed by atoms with van der Waals surface area (Å²) in [5.74, 6) is 0.866. The van der Waals surface area contributed by atoms with Crippen LogP contribution in [0.1, 0.15) is 5.56 Å². The van der Waals surface area contributed by atoms with Crippen LogP contribution in [0.15, 0.2) is 47.6 Å². The number of nitrogens with zero attached hydrogens (tertiary/aromatic N) is 2. The third kappa shape index (κ3) is 2.13. The van der Waals surface area contributed by atoms with E-state index < -0.39 is 0 Å². The second-order valence-electron chi connectivity index (χ2n) is 3.28. The van der Waals surface area contributed by atoms with Crippen molar-refractivity contribution >= 4 is 12.1 Å². The van der Waals surface area contributed by atoms with Gasteiger partial charge in [0.25, 0.3) is 0 Å². The molecule has 1 aromatic carbocycles. The van der Waals surface area contributed by atoms with Crippen molar-refractivity contribution in [3.8, 4) is 0 Å². The zero-order valence-electron chi connectivity index (χ0n) is 8.34. The highest BCUT2D eigenvalue weighted by molar-refractivity contribution is 6.00. The first-order valence-corrected chi connectivity index (χ1v) is 4.88. The number of carbonyl (C=O) groups is 1. The van der Waals surface area contributed by atoms with Gasteiger partial charge in [0.2, 0.25) is 0 Å². The molecular formula is C12H12N2O. The average Bonchev–Trinajstić information content (AvgIpc) is 2.31. The van der Waals surface area contributed by atoms with Crippen LogP contribution >= 0.6 is 0 Å². The summed E-state index contributed by atoms with van der Waals surface area (Å²) in [4.78, 5) is 16.8. The van der Waals surface area contributed by atoms with Crippen molar-refractivity contribution in [1.29, 1.82) is 0 Å². The van der Waals surface area contributed by atoms with Gasteiger partial charge in [0.1, 0.15) is 12.1 Å². The van der Waals surface area contributed by atoms with E-state index in [2.05, 4.69) is 4.99 Å². The fourth-order valence-corrected chi connectivity index (χ4v) is 1.56. The zero-order valence-corrected chi connectivity index (χ0v) is 8.34. The van der Waals surface area contributed by atoms with E-state index in [9.17, 15) is 4.79 Å². The van der Waals surface area contributed by atoms with Gasteiger partial charge in [0, 0.05) is 18.3 Å². The second-order valence-corrected chi connectivity index (χ2v) is 3.28. The van der Waals surface area contributed by atoms with Crippen LogP contribution in [-0.2, 0) is 4.79 Å². The van der Waals surface area contributed by atoms with Gasteiger partial charge >= 0.3 is 0 Å². The Labute approximate surface area is 88.7 Å². The first-order valence-electron chi connectivity index (χ1n) is 4.88. The molecule has 0 atom stereocenters. The van der Waals surface area contributed by atoms with Crippen molar-refractivity contribution in [2.45, 2.75) is 0 Å². The summed E-state index contributed by atoms with van der Waals surface area (Å²) < 4.78 is 0.